The first-order valence-electron chi connectivity index (χ1n) is 11.8. The number of amides is 2. The number of esters is 1. The lowest BCUT2D eigenvalue weighted by Gasteiger charge is -2.36. The number of nitrogens with zero attached hydrogens (tertiary/aromatic N) is 2. The van der Waals surface area contributed by atoms with Crippen molar-refractivity contribution in [2.75, 3.05) is 32.8 Å². The third-order valence-corrected chi connectivity index (χ3v) is 9.00. The zero-order valence-electron chi connectivity index (χ0n) is 19.0. The summed E-state index contributed by atoms with van der Waals surface area (Å²) < 4.78 is 4.12. The fraction of sp³-hybridized carbons (Fsp3) is 0.708. The lowest BCUT2D eigenvalue weighted by Crippen LogP contribution is -2.54. The molecule has 0 radical (unpaired) electrons. The molecule has 0 saturated carbocycles. The smallest absolute Gasteiger partial charge is 0.311 e. The fourth-order valence-electron chi connectivity index (χ4n) is 5.74. The monoisotopic (exact) mass is 462 g/mol. The van der Waals surface area contributed by atoms with Crippen LogP contribution in [0.15, 0.2) is 24.3 Å². The predicted molar refractivity (Wildman–Crippen MR) is 123 cm³/mol. The van der Waals surface area contributed by atoms with E-state index in [-0.39, 0.29) is 30.9 Å². The highest BCUT2D eigenvalue weighted by Crippen LogP contribution is 2.65. The number of allylic oxidation sites excluding steroid dienone is 1. The SMILES string of the molecule is CCCCN1CC=C[C@]23S[C@@]4(C)/C=C\CCCCOC(=O)[C@H]4[C@H]2C(=O)N(CCO)C3C1=O. The summed E-state index contributed by atoms with van der Waals surface area (Å²) in [5.41, 5.74) is 0. The fourth-order valence-corrected chi connectivity index (χ4v) is 7.89. The maximum absolute atomic E-state index is 13.8. The molecule has 2 saturated heterocycles. The van der Waals surface area contributed by atoms with E-state index in [1.165, 1.54) is 4.90 Å². The highest BCUT2D eigenvalue weighted by Gasteiger charge is 2.73. The Morgan fingerprint density at radius 1 is 1.12 bits per heavy atom. The van der Waals surface area contributed by atoms with Gasteiger partial charge >= 0.3 is 5.97 Å². The normalized spacial score (nSPS) is 38.1. The number of rotatable bonds is 5. The lowest BCUT2D eigenvalue weighted by atomic mass is 9.74. The van der Waals surface area contributed by atoms with Crippen molar-refractivity contribution in [3.8, 4) is 0 Å². The van der Waals surface area contributed by atoms with E-state index in [0.717, 1.165) is 32.1 Å². The number of fused-ring (bicyclic) bond motifs is 2. The van der Waals surface area contributed by atoms with Gasteiger partial charge in [-0.1, -0.05) is 37.6 Å². The van der Waals surface area contributed by atoms with Crippen LogP contribution in [0.1, 0.15) is 46.0 Å². The van der Waals surface area contributed by atoms with Gasteiger partial charge in [-0.2, -0.15) is 0 Å². The van der Waals surface area contributed by atoms with Gasteiger partial charge in [0, 0.05) is 24.4 Å². The van der Waals surface area contributed by atoms with Crippen molar-refractivity contribution in [2.24, 2.45) is 11.8 Å². The molecule has 2 fully saturated rings. The van der Waals surface area contributed by atoms with E-state index in [4.69, 9.17) is 4.74 Å². The zero-order chi connectivity index (χ0) is 22.9. The van der Waals surface area contributed by atoms with E-state index in [0.29, 0.717) is 19.7 Å². The van der Waals surface area contributed by atoms with E-state index in [1.807, 2.05) is 24.0 Å². The number of aliphatic hydroxyl groups excluding tert-OH is 1. The Hall–Kier alpha value is -1.80. The molecule has 1 unspecified atom stereocenters. The first kappa shape index (κ1) is 23.4. The number of carbonyl (C=O) groups is 3. The Balaban J connectivity index is 1.82. The van der Waals surface area contributed by atoms with E-state index >= 15 is 0 Å². The molecule has 0 aromatic rings. The molecule has 0 bridgehead atoms. The summed E-state index contributed by atoms with van der Waals surface area (Å²) in [7, 11) is 0. The van der Waals surface area contributed by atoms with Crippen molar-refractivity contribution in [1.29, 1.82) is 0 Å². The maximum Gasteiger partial charge on any atom is 0.311 e. The quantitative estimate of drug-likeness (QED) is 0.498. The van der Waals surface area contributed by atoms with Gasteiger partial charge in [0.05, 0.1) is 29.8 Å². The van der Waals surface area contributed by atoms with Crippen molar-refractivity contribution in [3.05, 3.63) is 24.3 Å². The van der Waals surface area contributed by atoms with Crippen LogP contribution >= 0.6 is 11.8 Å². The molecule has 4 aliphatic rings. The minimum Gasteiger partial charge on any atom is -0.465 e. The van der Waals surface area contributed by atoms with Crippen LogP contribution in [0, 0.1) is 11.8 Å². The molecule has 4 rings (SSSR count). The molecule has 1 spiro atoms. The number of unbranched alkanes of at least 4 members (excludes halogenated alkanes) is 1. The standard InChI is InChI=1S/C24H34N2O5S/c1-3-4-12-25-13-9-11-24-17(20(28)26(14-15-27)19(24)21(25)29)18-22(30)31-16-8-6-5-7-10-23(18,2)32-24/h7,9-11,17-19,27H,3-6,8,12-16H2,1-2H3/b10-7-/t17-,18+,19?,23-,24-/m0/s1. The Labute approximate surface area is 194 Å². The Kier molecular flexibility index (Phi) is 6.73. The first-order valence-corrected chi connectivity index (χ1v) is 12.6. The second-order valence-electron chi connectivity index (χ2n) is 9.36. The van der Waals surface area contributed by atoms with Crippen LogP contribution in [0.2, 0.25) is 0 Å². The molecule has 5 atom stereocenters. The molecule has 7 nitrogen and oxygen atoms in total. The average Bonchev–Trinajstić information content (AvgIpc) is 3.08. The van der Waals surface area contributed by atoms with Gasteiger partial charge in [-0.05, 0) is 32.6 Å². The number of hydrogen-bond donors (Lipinski definition) is 1. The summed E-state index contributed by atoms with van der Waals surface area (Å²) in [5.74, 6) is -2.07. The summed E-state index contributed by atoms with van der Waals surface area (Å²) in [5, 5.41) is 9.70. The van der Waals surface area contributed by atoms with Gasteiger partial charge in [-0.25, -0.2) is 0 Å². The van der Waals surface area contributed by atoms with Gasteiger partial charge in [0.15, 0.2) is 0 Å². The number of thioether (sulfide) groups is 1. The van der Waals surface area contributed by atoms with Crippen LogP contribution < -0.4 is 0 Å². The summed E-state index contributed by atoms with van der Waals surface area (Å²) in [4.78, 5) is 44.2. The van der Waals surface area contributed by atoms with E-state index < -0.39 is 27.4 Å². The van der Waals surface area contributed by atoms with Gasteiger partial charge in [-0.3, -0.25) is 14.4 Å². The molecule has 176 valence electrons. The summed E-state index contributed by atoms with van der Waals surface area (Å²) in [6.45, 7) is 5.40. The number of cyclic esters (lactones) is 1. The predicted octanol–water partition coefficient (Wildman–Crippen LogP) is 2.15. The average molecular weight is 463 g/mol. The van der Waals surface area contributed by atoms with Gasteiger partial charge in [0.2, 0.25) is 11.8 Å². The molecule has 32 heavy (non-hydrogen) atoms. The van der Waals surface area contributed by atoms with Crippen molar-refractivity contribution in [3.63, 3.8) is 0 Å². The second-order valence-corrected chi connectivity index (χ2v) is 11.1. The van der Waals surface area contributed by atoms with E-state index in [1.54, 1.807) is 11.8 Å². The Morgan fingerprint density at radius 2 is 1.94 bits per heavy atom. The molecule has 2 amide bonds. The molecular formula is C24H34N2O5S. The minimum atomic E-state index is -0.860. The molecular weight excluding hydrogens is 428 g/mol. The molecule has 4 heterocycles. The largest absolute Gasteiger partial charge is 0.465 e. The highest BCUT2D eigenvalue weighted by molar-refractivity contribution is 8.02. The summed E-state index contributed by atoms with van der Waals surface area (Å²) >= 11 is 1.55. The van der Waals surface area contributed by atoms with Crippen LogP contribution in [-0.4, -0.2) is 81.1 Å². The van der Waals surface area contributed by atoms with Crippen LogP contribution in [-0.2, 0) is 19.1 Å². The van der Waals surface area contributed by atoms with Crippen LogP contribution in [0.5, 0.6) is 0 Å². The zero-order valence-corrected chi connectivity index (χ0v) is 19.8. The molecule has 1 N–H and O–H groups in total. The van der Waals surface area contributed by atoms with Crippen LogP contribution in [0.4, 0.5) is 0 Å². The van der Waals surface area contributed by atoms with Gasteiger partial charge in [0.1, 0.15) is 6.04 Å². The third-order valence-electron chi connectivity index (χ3n) is 7.21. The van der Waals surface area contributed by atoms with Gasteiger partial charge < -0.3 is 19.6 Å². The Bertz CT molecular complexity index is 829. The number of hydrogen-bond acceptors (Lipinski definition) is 6. The van der Waals surface area contributed by atoms with E-state index in [2.05, 4.69) is 19.1 Å². The lowest BCUT2D eigenvalue weighted by molar-refractivity contribution is -0.154. The van der Waals surface area contributed by atoms with Crippen molar-refractivity contribution in [1.82, 2.24) is 9.80 Å². The Morgan fingerprint density at radius 3 is 2.69 bits per heavy atom. The second kappa shape index (κ2) is 9.21. The number of carbonyl (C=O) groups excluding carboxylic acids is 3. The molecule has 0 aliphatic carbocycles. The van der Waals surface area contributed by atoms with Crippen LogP contribution in [0.25, 0.3) is 0 Å². The third kappa shape index (κ3) is 3.69. The number of likely N-dealkylation sites (tertiary alicyclic amines) is 1. The van der Waals surface area contributed by atoms with Crippen LogP contribution in [0.3, 0.4) is 0 Å². The number of aliphatic hydroxyl groups is 1. The van der Waals surface area contributed by atoms with Crippen molar-refractivity contribution >= 4 is 29.5 Å². The first-order chi connectivity index (χ1) is 15.4. The molecule has 8 heteroatoms. The molecule has 0 aromatic heterocycles. The summed E-state index contributed by atoms with van der Waals surface area (Å²) in [6, 6.07) is -0.733. The molecule has 0 aromatic carbocycles. The minimum absolute atomic E-state index is 0.0812. The maximum atomic E-state index is 13.8. The highest BCUT2D eigenvalue weighted by atomic mass is 32.2. The van der Waals surface area contributed by atoms with Crippen molar-refractivity contribution in [2.45, 2.75) is 61.5 Å². The number of β-amino-alcohol motifs (C(OH)–C–C–N with tert-alkyl or cyclic N) is 1. The van der Waals surface area contributed by atoms with Gasteiger partial charge in [0.25, 0.3) is 0 Å². The topological polar surface area (TPSA) is 87.2 Å². The van der Waals surface area contributed by atoms with E-state index in [9.17, 15) is 19.5 Å². The van der Waals surface area contributed by atoms with Gasteiger partial charge in [-0.15, -0.1) is 11.8 Å². The summed E-state index contributed by atoms with van der Waals surface area (Å²) in [6.07, 6.45) is 12.6. The molecule has 4 aliphatic heterocycles. The number of ether oxygens (including phenoxy) is 1. The van der Waals surface area contributed by atoms with Crippen molar-refractivity contribution < 1.29 is 24.2 Å².